The zero-order valence-corrected chi connectivity index (χ0v) is 16.9. The van der Waals surface area contributed by atoms with Gasteiger partial charge in [-0.25, -0.2) is 9.78 Å². The molecule has 0 bridgehead atoms. The Labute approximate surface area is 181 Å². The summed E-state index contributed by atoms with van der Waals surface area (Å²) in [6, 6.07) is 19.5. The van der Waals surface area contributed by atoms with Crippen LogP contribution in [-0.2, 0) is 0 Å². The molecule has 2 aromatic carbocycles. The molecule has 0 radical (unpaired) electrons. The second kappa shape index (κ2) is 8.37. The Morgan fingerprint density at radius 1 is 1.07 bits per heavy atom. The van der Waals surface area contributed by atoms with Crippen molar-refractivity contribution in [3.8, 4) is 28.7 Å². The number of aromatic nitrogens is 1. The van der Waals surface area contributed by atoms with Gasteiger partial charge >= 0.3 is 5.97 Å². The van der Waals surface area contributed by atoms with Crippen LogP contribution in [-0.4, -0.2) is 16.1 Å². The zero-order chi connectivity index (χ0) is 21.1. The summed E-state index contributed by atoms with van der Waals surface area (Å²) in [5, 5.41) is 21.7. The molecule has 2 aromatic heterocycles. The van der Waals surface area contributed by atoms with Crippen molar-refractivity contribution in [1.82, 2.24) is 4.98 Å². The summed E-state index contributed by atoms with van der Waals surface area (Å²) < 4.78 is 5.82. The van der Waals surface area contributed by atoms with Crippen LogP contribution in [0.5, 0.6) is 0 Å². The molecule has 0 fully saturated rings. The number of carbonyl (C=O) groups is 1. The molecular formula is C23H13ClN2O3S. The number of halogens is 1. The van der Waals surface area contributed by atoms with E-state index in [-0.39, 0.29) is 5.56 Å². The van der Waals surface area contributed by atoms with E-state index in [1.807, 2.05) is 17.5 Å². The SMILES string of the molecule is N#C/C(=C\c1ccc(-c2ccc(C(=O)O)cc2)o1)c1nc(-c2ccc(Cl)cc2)cs1. The maximum Gasteiger partial charge on any atom is 0.335 e. The van der Waals surface area contributed by atoms with Gasteiger partial charge in [0.05, 0.1) is 16.8 Å². The van der Waals surface area contributed by atoms with Gasteiger partial charge in [-0.15, -0.1) is 11.3 Å². The van der Waals surface area contributed by atoms with Gasteiger partial charge in [0.2, 0.25) is 0 Å². The minimum absolute atomic E-state index is 0.206. The summed E-state index contributed by atoms with van der Waals surface area (Å²) in [5.41, 5.74) is 3.04. The fourth-order valence-electron chi connectivity index (χ4n) is 2.80. The number of benzene rings is 2. The molecule has 4 aromatic rings. The summed E-state index contributed by atoms with van der Waals surface area (Å²) >= 11 is 7.30. The number of nitrogens with zero attached hydrogens (tertiary/aromatic N) is 2. The third kappa shape index (κ3) is 4.18. The van der Waals surface area contributed by atoms with E-state index < -0.39 is 5.97 Å². The Morgan fingerprint density at radius 3 is 2.43 bits per heavy atom. The van der Waals surface area contributed by atoms with E-state index in [4.69, 9.17) is 21.1 Å². The van der Waals surface area contributed by atoms with E-state index >= 15 is 0 Å². The molecular weight excluding hydrogens is 420 g/mol. The van der Waals surface area contributed by atoms with Crippen LogP contribution in [0.4, 0.5) is 0 Å². The van der Waals surface area contributed by atoms with Crippen LogP contribution in [0.2, 0.25) is 5.02 Å². The molecule has 0 aliphatic heterocycles. The van der Waals surface area contributed by atoms with Gasteiger partial charge in [-0.05, 0) is 36.4 Å². The first-order valence-electron chi connectivity index (χ1n) is 8.81. The second-order valence-electron chi connectivity index (χ2n) is 6.30. The molecule has 0 spiro atoms. The van der Waals surface area contributed by atoms with E-state index in [1.165, 1.54) is 23.5 Å². The summed E-state index contributed by atoms with van der Waals surface area (Å²) in [6.07, 6.45) is 1.64. The number of hydrogen-bond acceptors (Lipinski definition) is 5. The lowest BCUT2D eigenvalue weighted by molar-refractivity contribution is 0.0697. The summed E-state index contributed by atoms with van der Waals surface area (Å²) in [6.45, 7) is 0. The van der Waals surface area contributed by atoms with Crippen molar-refractivity contribution in [2.24, 2.45) is 0 Å². The van der Waals surface area contributed by atoms with Crippen LogP contribution in [0.15, 0.2) is 70.5 Å². The number of aromatic carboxylic acids is 1. The standard InChI is InChI=1S/C23H13ClN2O3S/c24-18-7-5-14(6-8-18)20-13-30-22(26-20)17(12-25)11-19-9-10-21(29-19)15-1-3-16(4-2-15)23(27)28/h1-11,13H,(H,27,28)/b17-11+. The van der Waals surface area contributed by atoms with Gasteiger partial charge in [0, 0.05) is 27.6 Å². The summed E-state index contributed by atoms with van der Waals surface area (Å²) in [4.78, 5) is 15.5. The first kappa shape index (κ1) is 19.6. The van der Waals surface area contributed by atoms with Crippen LogP contribution in [0, 0.1) is 11.3 Å². The normalized spacial score (nSPS) is 11.3. The lowest BCUT2D eigenvalue weighted by Crippen LogP contribution is -1.94. The van der Waals surface area contributed by atoms with Crippen molar-refractivity contribution in [2.45, 2.75) is 0 Å². The van der Waals surface area contributed by atoms with Gasteiger partial charge < -0.3 is 9.52 Å². The van der Waals surface area contributed by atoms with E-state index in [2.05, 4.69) is 11.1 Å². The first-order chi connectivity index (χ1) is 14.5. The molecule has 146 valence electrons. The highest BCUT2D eigenvalue weighted by molar-refractivity contribution is 7.11. The Balaban J connectivity index is 1.59. The molecule has 2 heterocycles. The quantitative estimate of drug-likeness (QED) is 0.364. The molecule has 0 saturated heterocycles. The number of rotatable bonds is 5. The highest BCUT2D eigenvalue weighted by Gasteiger charge is 2.11. The van der Waals surface area contributed by atoms with E-state index in [0.29, 0.717) is 27.1 Å². The minimum Gasteiger partial charge on any atom is -0.478 e. The van der Waals surface area contributed by atoms with Gasteiger partial charge in [0.25, 0.3) is 0 Å². The van der Waals surface area contributed by atoms with Gasteiger partial charge in [-0.2, -0.15) is 5.26 Å². The predicted molar refractivity (Wildman–Crippen MR) is 117 cm³/mol. The number of thiazole rings is 1. The molecule has 0 unspecified atom stereocenters. The van der Waals surface area contributed by atoms with Crippen LogP contribution in [0.1, 0.15) is 21.1 Å². The first-order valence-corrected chi connectivity index (χ1v) is 10.1. The van der Waals surface area contributed by atoms with Crippen molar-refractivity contribution >= 4 is 40.6 Å². The molecule has 0 amide bonds. The van der Waals surface area contributed by atoms with Crippen molar-refractivity contribution in [2.75, 3.05) is 0 Å². The van der Waals surface area contributed by atoms with Gasteiger partial charge in [0.1, 0.15) is 22.6 Å². The Bertz CT molecular complexity index is 1280. The van der Waals surface area contributed by atoms with E-state index in [1.54, 1.807) is 42.5 Å². The smallest absolute Gasteiger partial charge is 0.335 e. The van der Waals surface area contributed by atoms with Crippen molar-refractivity contribution in [3.05, 3.63) is 87.4 Å². The average Bonchev–Trinajstić information content (AvgIpc) is 3.42. The van der Waals surface area contributed by atoms with Crippen molar-refractivity contribution < 1.29 is 14.3 Å². The van der Waals surface area contributed by atoms with Crippen LogP contribution in [0.3, 0.4) is 0 Å². The number of furan rings is 1. The zero-order valence-electron chi connectivity index (χ0n) is 15.4. The molecule has 30 heavy (non-hydrogen) atoms. The number of hydrogen-bond donors (Lipinski definition) is 1. The van der Waals surface area contributed by atoms with Crippen LogP contribution < -0.4 is 0 Å². The number of carboxylic acid groups (broad SMARTS) is 1. The summed E-state index contributed by atoms with van der Waals surface area (Å²) in [5.74, 6) is 0.105. The van der Waals surface area contributed by atoms with Gasteiger partial charge in [0.15, 0.2) is 0 Å². The van der Waals surface area contributed by atoms with E-state index in [0.717, 1.165) is 16.8 Å². The molecule has 5 nitrogen and oxygen atoms in total. The fraction of sp³-hybridized carbons (Fsp3) is 0. The molecule has 0 aliphatic carbocycles. The Morgan fingerprint density at radius 2 is 1.77 bits per heavy atom. The third-order valence-corrected chi connectivity index (χ3v) is 5.45. The molecule has 4 rings (SSSR count). The lowest BCUT2D eigenvalue weighted by Gasteiger charge is -1.98. The third-order valence-electron chi connectivity index (χ3n) is 4.32. The van der Waals surface area contributed by atoms with Crippen LogP contribution >= 0.6 is 22.9 Å². The maximum atomic E-state index is 11.0. The maximum absolute atomic E-state index is 11.0. The predicted octanol–water partition coefficient (Wildman–Crippen LogP) is 6.49. The van der Waals surface area contributed by atoms with Crippen LogP contribution in [0.25, 0.3) is 34.2 Å². The Hall–Kier alpha value is -3.66. The fourth-order valence-corrected chi connectivity index (χ4v) is 3.72. The Kier molecular flexibility index (Phi) is 5.48. The highest BCUT2D eigenvalue weighted by Crippen LogP contribution is 2.29. The molecule has 0 saturated carbocycles. The molecule has 7 heteroatoms. The van der Waals surface area contributed by atoms with E-state index in [9.17, 15) is 10.1 Å². The summed E-state index contributed by atoms with van der Waals surface area (Å²) in [7, 11) is 0. The number of allylic oxidation sites excluding steroid dienone is 1. The van der Waals surface area contributed by atoms with Crippen molar-refractivity contribution in [3.63, 3.8) is 0 Å². The molecule has 0 aliphatic rings. The molecule has 0 atom stereocenters. The number of nitriles is 1. The average molecular weight is 433 g/mol. The second-order valence-corrected chi connectivity index (χ2v) is 7.59. The van der Waals surface area contributed by atoms with Crippen molar-refractivity contribution in [1.29, 1.82) is 5.26 Å². The minimum atomic E-state index is -0.982. The largest absolute Gasteiger partial charge is 0.478 e. The van der Waals surface area contributed by atoms with Gasteiger partial charge in [-0.1, -0.05) is 35.9 Å². The lowest BCUT2D eigenvalue weighted by atomic mass is 10.1. The number of carboxylic acids is 1. The molecule has 1 N–H and O–H groups in total. The highest BCUT2D eigenvalue weighted by atomic mass is 35.5. The topological polar surface area (TPSA) is 87.1 Å². The monoisotopic (exact) mass is 432 g/mol. The van der Waals surface area contributed by atoms with Gasteiger partial charge in [-0.3, -0.25) is 0 Å².